The van der Waals surface area contributed by atoms with Crippen LogP contribution >= 0.6 is 12.2 Å². The van der Waals surface area contributed by atoms with Gasteiger partial charge in [0, 0.05) is 18.8 Å². The molecule has 1 aromatic carbocycles. The normalized spacial score (nSPS) is 16.0. The number of nitrogens with one attached hydrogen (secondary N) is 2. The van der Waals surface area contributed by atoms with Gasteiger partial charge in [-0.15, -0.1) is 0 Å². The van der Waals surface area contributed by atoms with Crippen LogP contribution in [0.5, 0.6) is 0 Å². The topological polar surface area (TPSA) is 44.4 Å². The number of thiocarbonyl (C=S) groups is 1. The Morgan fingerprint density at radius 3 is 2.19 bits per heavy atom. The van der Waals surface area contributed by atoms with E-state index in [-0.39, 0.29) is 5.91 Å². The summed E-state index contributed by atoms with van der Waals surface area (Å²) in [7, 11) is 0. The maximum Gasteiger partial charge on any atom is 0.273 e. The van der Waals surface area contributed by atoms with Crippen molar-refractivity contribution in [3.8, 4) is 0 Å². The molecule has 1 aliphatic heterocycles. The lowest BCUT2D eigenvalue weighted by Crippen LogP contribution is -2.24. The fourth-order valence-electron chi connectivity index (χ4n) is 2.34. The molecule has 0 aliphatic carbocycles. The second-order valence-electron chi connectivity index (χ2n) is 5.04. The van der Waals surface area contributed by atoms with Crippen molar-refractivity contribution in [2.75, 3.05) is 18.0 Å². The molecule has 0 atom stereocenters. The van der Waals surface area contributed by atoms with Crippen LogP contribution in [0.2, 0.25) is 0 Å². The molecule has 0 bridgehead atoms. The monoisotopic (exact) mass is 303 g/mol. The number of carbonyl (C=O) groups is 1. The molecule has 0 saturated carbocycles. The van der Waals surface area contributed by atoms with Gasteiger partial charge in [-0.05, 0) is 48.8 Å². The van der Waals surface area contributed by atoms with Crippen LogP contribution in [0.3, 0.4) is 0 Å². The lowest BCUT2D eigenvalue weighted by atomic mass is 10.1. The average molecular weight is 303 g/mol. The molecule has 4 nitrogen and oxygen atoms in total. The molecule has 0 radical (unpaired) electrons. The standard InChI is InChI=1S/C16H21N3OS/c1-3-9-19(10-4-2)13-7-5-12(6-8-13)11-14-15(20)18-16(21)17-14/h5-8,11H,3-4,9-10H2,1-2H3,(H2,17,18,20,21)/b14-11+. The third kappa shape index (κ3) is 4.04. The van der Waals surface area contributed by atoms with Crippen LogP contribution in [-0.4, -0.2) is 24.1 Å². The van der Waals surface area contributed by atoms with E-state index >= 15 is 0 Å². The Morgan fingerprint density at radius 1 is 1.10 bits per heavy atom. The maximum absolute atomic E-state index is 11.6. The fourth-order valence-corrected chi connectivity index (χ4v) is 2.54. The van der Waals surface area contributed by atoms with Gasteiger partial charge in [0.2, 0.25) is 0 Å². The van der Waals surface area contributed by atoms with E-state index < -0.39 is 0 Å². The molecule has 0 spiro atoms. The summed E-state index contributed by atoms with van der Waals surface area (Å²) in [5.74, 6) is -0.178. The highest BCUT2D eigenvalue weighted by Crippen LogP contribution is 2.18. The quantitative estimate of drug-likeness (QED) is 0.626. The summed E-state index contributed by atoms with van der Waals surface area (Å²) in [6, 6.07) is 8.25. The van der Waals surface area contributed by atoms with Crippen molar-refractivity contribution in [2.24, 2.45) is 0 Å². The van der Waals surface area contributed by atoms with Crippen LogP contribution in [-0.2, 0) is 4.79 Å². The van der Waals surface area contributed by atoms with Gasteiger partial charge in [-0.25, -0.2) is 0 Å². The van der Waals surface area contributed by atoms with Gasteiger partial charge in [0.1, 0.15) is 5.70 Å². The van der Waals surface area contributed by atoms with Gasteiger partial charge in [0.25, 0.3) is 5.91 Å². The minimum atomic E-state index is -0.178. The summed E-state index contributed by atoms with van der Waals surface area (Å²) in [4.78, 5) is 14.0. The number of nitrogens with zero attached hydrogens (tertiary/aromatic N) is 1. The Kier molecular flexibility index (Phi) is 5.33. The zero-order chi connectivity index (χ0) is 15.2. The minimum absolute atomic E-state index is 0.178. The van der Waals surface area contributed by atoms with E-state index in [9.17, 15) is 4.79 Å². The zero-order valence-corrected chi connectivity index (χ0v) is 13.3. The van der Waals surface area contributed by atoms with Crippen LogP contribution in [0.1, 0.15) is 32.3 Å². The summed E-state index contributed by atoms with van der Waals surface area (Å²) < 4.78 is 0. The van der Waals surface area contributed by atoms with E-state index in [2.05, 4.69) is 41.5 Å². The first kappa shape index (κ1) is 15.5. The Morgan fingerprint density at radius 2 is 1.71 bits per heavy atom. The van der Waals surface area contributed by atoms with Gasteiger partial charge in [0.15, 0.2) is 5.11 Å². The smallest absolute Gasteiger partial charge is 0.273 e. The molecule has 21 heavy (non-hydrogen) atoms. The van der Waals surface area contributed by atoms with E-state index in [1.54, 1.807) is 0 Å². The molecular formula is C16H21N3OS. The fraction of sp³-hybridized carbons (Fsp3) is 0.375. The van der Waals surface area contributed by atoms with Crippen LogP contribution in [0, 0.1) is 0 Å². The maximum atomic E-state index is 11.6. The third-order valence-corrected chi connectivity index (χ3v) is 3.48. The Bertz CT molecular complexity index is 545. The van der Waals surface area contributed by atoms with Crippen LogP contribution in [0.4, 0.5) is 5.69 Å². The Labute approximate surface area is 131 Å². The third-order valence-electron chi connectivity index (χ3n) is 3.28. The number of hydrogen-bond acceptors (Lipinski definition) is 3. The van der Waals surface area contributed by atoms with Gasteiger partial charge >= 0.3 is 0 Å². The number of amides is 1. The van der Waals surface area contributed by atoms with Gasteiger partial charge in [-0.3, -0.25) is 10.1 Å². The van der Waals surface area contributed by atoms with Crippen molar-refractivity contribution in [3.05, 3.63) is 35.5 Å². The van der Waals surface area contributed by atoms with E-state index in [1.807, 2.05) is 18.2 Å². The summed E-state index contributed by atoms with van der Waals surface area (Å²) in [6.07, 6.45) is 4.07. The largest absolute Gasteiger partial charge is 0.372 e. The van der Waals surface area contributed by atoms with Crippen molar-refractivity contribution in [1.29, 1.82) is 0 Å². The predicted octanol–water partition coefficient (Wildman–Crippen LogP) is 2.66. The van der Waals surface area contributed by atoms with Gasteiger partial charge in [-0.2, -0.15) is 0 Å². The van der Waals surface area contributed by atoms with Crippen molar-refractivity contribution in [1.82, 2.24) is 10.6 Å². The number of hydrogen-bond donors (Lipinski definition) is 2. The highest BCUT2D eigenvalue weighted by atomic mass is 32.1. The van der Waals surface area contributed by atoms with E-state index in [0.717, 1.165) is 31.5 Å². The molecule has 112 valence electrons. The first-order valence-corrected chi connectivity index (χ1v) is 7.74. The Balaban J connectivity index is 2.13. The van der Waals surface area contributed by atoms with Crippen LogP contribution in [0.25, 0.3) is 6.08 Å². The highest BCUT2D eigenvalue weighted by molar-refractivity contribution is 7.80. The van der Waals surface area contributed by atoms with Crippen molar-refractivity contribution in [2.45, 2.75) is 26.7 Å². The van der Waals surface area contributed by atoms with E-state index in [1.165, 1.54) is 5.69 Å². The van der Waals surface area contributed by atoms with Gasteiger partial charge in [0.05, 0.1) is 0 Å². The average Bonchev–Trinajstić information content (AvgIpc) is 2.77. The first-order valence-electron chi connectivity index (χ1n) is 7.33. The second kappa shape index (κ2) is 7.22. The molecule has 1 saturated heterocycles. The van der Waals surface area contributed by atoms with Gasteiger partial charge < -0.3 is 10.2 Å². The molecule has 1 amide bonds. The molecule has 1 fully saturated rings. The van der Waals surface area contributed by atoms with Crippen LogP contribution < -0.4 is 15.5 Å². The number of rotatable bonds is 6. The van der Waals surface area contributed by atoms with Gasteiger partial charge in [-0.1, -0.05) is 26.0 Å². The summed E-state index contributed by atoms with van der Waals surface area (Å²) >= 11 is 4.91. The second-order valence-corrected chi connectivity index (χ2v) is 5.45. The molecule has 1 aromatic rings. The molecule has 0 unspecified atom stereocenters. The number of anilines is 1. The SMILES string of the molecule is CCCN(CCC)c1ccc(/C=C2/NC(=S)NC2=O)cc1. The molecule has 1 heterocycles. The van der Waals surface area contributed by atoms with Crippen molar-refractivity contribution in [3.63, 3.8) is 0 Å². The molecule has 1 aliphatic rings. The number of carbonyl (C=O) groups excluding carboxylic acids is 1. The zero-order valence-electron chi connectivity index (χ0n) is 12.5. The lowest BCUT2D eigenvalue weighted by Gasteiger charge is -2.23. The van der Waals surface area contributed by atoms with Crippen molar-refractivity contribution < 1.29 is 4.79 Å². The summed E-state index contributed by atoms with van der Waals surface area (Å²) in [5, 5.41) is 5.77. The first-order chi connectivity index (χ1) is 10.1. The molecule has 0 aromatic heterocycles. The summed E-state index contributed by atoms with van der Waals surface area (Å²) in [5.41, 5.74) is 2.70. The van der Waals surface area contributed by atoms with E-state index in [4.69, 9.17) is 12.2 Å². The Hall–Kier alpha value is -1.88. The minimum Gasteiger partial charge on any atom is -0.372 e. The molecular weight excluding hydrogens is 282 g/mol. The van der Waals surface area contributed by atoms with Crippen molar-refractivity contribution >= 4 is 35.0 Å². The molecule has 5 heteroatoms. The predicted molar refractivity (Wildman–Crippen MR) is 91.1 cm³/mol. The van der Waals surface area contributed by atoms with Crippen LogP contribution in [0.15, 0.2) is 30.0 Å². The number of benzene rings is 1. The highest BCUT2D eigenvalue weighted by Gasteiger charge is 2.19. The molecule has 2 N–H and O–H groups in total. The molecule has 2 rings (SSSR count). The van der Waals surface area contributed by atoms with E-state index in [0.29, 0.717) is 10.8 Å². The summed E-state index contributed by atoms with van der Waals surface area (Å²) in [6.45, 7) is 6.50. The lowest BCUT2D eigenvalue weighted by molar-refractivity contribution is -0.115.